The van der Waals surface area contributed by atoms with Crippen molar-refractivity contribution < 1.29 is 9.53 Å². The lowest BCUT2D eigenvalue weighted by atomic mass is 10.2. The van der Waals surface area contributed by atoms with Crippen LogP contribution in [0.15, 0.2) is 71.3 Å². The number of para-hydroxylation sites is 2. The summed E-state index contributed by atoms with van der Waals surface area (Å²) in [7, 11) is 0. The number of nitrogens with one attached hydrogen (secondary N) is 1. The highest BCUT2D eigenvalue weighted by atomic mass is 79.9. The van der Waals surface area contributed by atoms with Crippen molar-refractivity contribution in [2.75, 3.05) is 42.9 Å². The average molecular weight is 481 g/mol. The molecule has 1 fully saturated rings. The second kappa shape index (κ2) is 9.94. The van der Waals surface area contributed by atoms with Crippen LogP contribution >= 0.6 is 15.9 Å². The Bertz CT molecular complexity index is 1030. The van der Waals surface area contributed by atoms with E-state index in [0.717, 1.165) is 48.6 Å². The number of carbonyl (C=O) groups is 1. The second-order valence-electron chi connectivity index (χ2n) is 7.34. The number of hydrogen-bond acceptors (Lipinski definition) is 5. The van der Waals surface area contributed by atoms with Gasteiger partial charge in [-0.3, -0.25) is 4.79 Å². The van der Waals surface area contributed by atoms with E-state index in [9.17, 15) is 4.79 Å². The van der Waals surface area contributed by atoms with E-state index in [2.05, 4.69) is 49.0 Å². The topological polar surface area (TPSA) is 57.7 Å². The highest BCUT2D eigenvalue weighted by Crippen LogP contribution is 2.27. The van der Waals surface area contributed by atoms with Crippen molar-refractivity contribution >= 4 is 33.2 Å². The first-order chi connectivity index (χ1) is 15.1. The SMILES string of the molecule is CCN1CCN(c2ccccc2NC(=O)c2ccc(Oc3cccc(Br)c3)nc2)CC1. The van der Waals surface area contributed by atoms with Gasteiger partial charge in [-0.05, 0) is 42.9 Å². The Balaban J connectivity index is 1.43. The minimum Gasteiger partial charge on any atom is -0.439 e. The lowest BCUT2D eigenvalue weighted by Gasteiger charge is -2.36. The van der Waals surface area contributed by atoms with Crippen molar-refractivity contribution in [1.29, 1.82) is 0 Å². The van der Waals surface area contributed by atoms with Crippen molar-refractivity contribution in [1.82, 2.24) is 9.88 Å². The van der Waals surface area contributed by atoms with Gasteiger partial charge in [0.2, 0.25) is 5.88 Å². The van der Waals surface area contributed by atoms with Crippen LogP contribution in [0.3, 0.4) is 0 Å². The number of ether oxygens (including phenoxy) is 1. The number of amides is 1. The van der Waals surface area contributed by atoms with Gasteiger partial charge in [0.15, 0.2) is 0 Å². The predicted molar refractivity (Wildman–Crippen MR) is 127 cm³/mol. The van der Waals surface area contributed by atoms with E-state index < -0.39 is 0 Å². The molecule has 0 spiro atoms. The molecule has 4 rings (SSSR count). The van der Waals surface area contributed by atoms with E-state index in [1.807, 2.05) is 42.5 Å². The molecule has 31 heavy (non-hydrogen) atoms. The molecule has 2 aromatic carbocycles. The van der Waals surface area contributed by atoms with Gasteiger partial charge in [-0.2, -0.15) is 0 Å². The first kappa shape index (κ1) is 21.3. The minimum atomic E-state index is -0.193. The Labute approximate surface area is 191 Å². The molecule has 0 radical (unpaired) electrons. The summed E-state index contributed by atoms with van der Waals surface area (Å²) in [5.74, 6) is 0.918. The van der Waals surface area contributed by atoms with Gasteiger partial charge >= 0.3 is 0 Å². The molecule has 160 valence electrons. The highest BCUT2D eigenvalue weighted by molar-refractivity contribution is 9.10. The minimum absolute atomic E-state index is 0.193. The molecule has 0 unspecified atom stereocenters. The quantitative estimate of drug-likeness (QED) is 0.535. The van der Waals surface area contributed by atoms with Gasteiger partial charge in [0.1, 0.15) is 5.75 Å². The number of pyridine rings is 1. The Kier molecular flexibility index (Phi) is 6.84. The zero-order valence-corrected chi connectivity index (χ0v) is 19.0. The van der Waals surface area contributed by atoms with Crippen LogP contribution in [0.2, 0.25) is 0 Å². The molecule has 0 saturated carbocycles. The standard InChI is InChI=1S/C24H25BrN4O2/c1-2-28-12-14-29(15-13-28)22-9-4-3-8-21(22)27-24(30)18-10-11-23(26-17-18)31-20-7-5-6-19(25)16-20/h3-11,16-17H,2,12-15H2,1H3,(H,27,30). The van der Waals surface area contributed by atoms with E-state index in [1.165, 1.54) is 6.20 Å². The van der Waals surface area contributed by atoms with Gasteiger partial charge in [-0.1, -0.05) is 41.1 Å². The number of halogens is 1. The molecule has 0 atom stereocenters. The maximum atomic E-state index is 12.8. The molecule has 1 aliphatic heterocycles. The third-order valence-electron chi connectivity index (χ3n) is 5.33. The number of rotatable bonds is 6. The molecule has 0 bridgehead atoms. The van der Waals surface area contributed by atoms with Gasteiger partial charge in [-0.15, -0.1) is 0 Å². The summed E-state index contributed by atoms with van der Waals surface area (Å²) in [5, 5.41) is 3.04. The van der Waals surface area contributed by atoms with Crippen molar-refractivity contribution in [3.05, 3.63) is 76.9 Å². The fraction of sp³-hybridized carbons (Fsp3) is 0.250. The zero-order valence-electron chi connectivity index (χ0n) is 17.4. The third kappa shape index (κ3) is 5.42. The maximum Gasteiger partial charge on any atom is 0.257 e. The number of piperazine rings is 1. The number of likely N-dealkylation sites (N-methyl/N-ethyl adjacent to an activating group) is 1. The number of aromatic nitrogens is 1. The van der Waals surface area contributed by atoms with E-state index in [0.29, 0.717) is 17.2 Å². The zero-order chi connectivity index (χ0) is 21.6. The fourth-order valence-electron chi connectivity index (χ4n) is 3.58. The van der Waals surface area contributed by atoms with Crippen LogP contribution in [-0.4, -0.2) is 48.5 Å². The molecule has 1 aliphatic rings. The van der Waals surface area contributed by atoms with Gasteiger partial charge in [-0.25, -0.2) is 4.98 Å². The number of hydrogen-bond donors (Lipinski definition) is 1. The van der Waals surface area contributed by atoms with Crippen LogP contribution in [0.5, 0.6) is 11.6 Å². The molecule has 1 amide bonds. The number of benzene rings is 2. The van der Waals surface area contributed by atoms with Crippen LogP contribution in [0.1, 0.15) is 17.3 Å². The molecule has 6 nitrogen and oxygen atoms in total. The molecule has 3 aromatic rings. The Morgan fingerprint density at radius 2 is 1.87 bits per heavy atom. The van der Waals surface area contributed by atoms with Crippen molar-refractivity contribution in [2.45, 2.75) is 6.92 Å². The number of anilines is 2. The van der Waals surface area contributed by atoms with Gasteiger partial charge in [0.25, 0.3) is 5.91 Å². The lowest BCUT2D eigenvalue weighted by Crippen LogP contribution is -2.46. The Morgan fingerprint density at radius 3 is 2.58 bits per heavy atom. The first-order valence-electron chi connectivity index (χ1n) is 10.4. The van der Waals surface area contributed by atoms with Crippen LogP contribution in [0.4, 0.5) is 11.4 Å². The van der Waals surface area contributed by atoms with E-state index in [1.54, 1.807) is 12.1 Å². The van der Waals surface area contributed by atoms with Gasteiger partial charge in [0.05, 0.1) is 16.9 Å². The largest absolute Gasteiger partial charge is 0.439 e. The van der Waals surface area contributed by atoms with Crippen LogP contribution in [0.25, 0.3) is 0 Å². The van der Waals surface area contributed by atoms with Crippen LogP contribution in [0, 0.1) is 0 Å². The smallest absolute Gasteiger partial charge is 0.257 e. The van der Waals surface area contributed by atoms with E-state index >= 15 is 0 Å². The monoisotopic (exact) mass is 480 g/mol. The Morgan fingerprint density at radius 1 is 1.06 bits per heavy atom. The summed E-state index contributed by atoms with van der Waals surface area (Å²) < 4.78 is 6.67. The molecular formula is C24H25BrN4O2. The highest BCUT2D eigenvalue weighted by Gasteiger charge is 2.19. The van der Waals surface area contributed by atoms with Crippen molar-refractivity contribution in [3.63, 3.8) is 0 Å². The summed E-state index contributed by atoms with van der Waals surface area (Å²) >= 11 is 3.42. The molecule has 1 aromatic heterocycles. The maximum absolute atomic E-state index is 12.8. The lowest BCUT2D eigenvalue weighted by molar-refractivity contribution is 0.102. The summed E-state index contributed by atoms with van der Waals surface area (Å²) in [6, 6.07) is 18.9. The fourth-order valence-corrected chi connectivity index (χ4v) is 3.96. The van der Waals surface area contributed by atoms with Crippen molar-refractivity contribution in [2.24, 2.45) is 0 Å². The van der Waals surface area contributed by atoms with Crippen LogP contribution in [-0.2, 0) is 0 Å². The van der Waals surface area contributed by atoms with E-state index in [-0.39, 0.29) is 5.91 Å². The third-order valence-corrected chi connectivity index (χ3v) is 5.82. The van der Waals surface area contributed by atoms with Crippen molar-refractivity contribution in [3.8, 4) is 11.6 Å². The molecule has 1 N–H and O–H groups in total. The summed E-state index contributed by atoms with van der Waals surface area (Å²) in [5.41, 5.74) is 2.34. The first-order valence-corrected chi connectivity index (χ1v) is 11.2. The van der Waals surface area contributed by atoms with Crippen LogP contribution < -0.4 is 15.0 Å². The average Bonchev–Trinajstić information content (AvgIpc) is 2.80. The molecule has 2 heterocycles. The summed E-state index contributed by atoms with van der Waals surface area (Å²) in [6.07, 6.45) is 1.53. The second-order valence-corrected chi connectivity index (χ2v) is 8.25. The Hall–Kier alpha value is -2.90. The van der Waals surface area contributed by atoms with E-state index in [4.69, 9.17) is 4.74 Å². The summed E-state index contributed by atoms with van der Waals surface area (Å²) in [6.45, 7) is 7.21. The predicted octanol–water partition coefficient (Wildman–Crippen LogP) is 5.03. The molecule has 0 aliphatic carbocycles. The summed E-state index contributed by atoms with van der Waals surface area (Å²) in [4.78, 5) is 21.9. The molecular weight excluding hydrogens is 456 g/mol. The van der Waals surface area contributed by atoms with Gasteiger partial charge in [0, 0.05) is 42.9 Å². The number of nitrogens with zero attached hydrogens (tertiary/aromatic N) is 3. The normalized spacial score (nSPS) is 14.3. The molecule has 7 heteroatoms. The van der Waals surface area contributed by atoms with Gasteiger partial charge < -0.3 is 19.9 Å². The molecule has 1 saturated heterocycles. The number of carbonyl (C=O) groups excluding carboxylic acids is 1.